The second-order valence-corrected chi connectivity index (χ2v) is 6.97. The Labute approximate surface area is 174 Å². The largest absolute Gasteiger partial charge is 0.433 e. The zero-order valence-corrected chi connectivity index (χ0v) is 16.4. The van der Waals surface area contributed by atoms with Crippen LogP contribution in [0.3, 0.4) is 0 Å². The molecule has 2 aromatic heterocycles. The third-order valence-electron chi connectivity index (χ3n) is 4.07. The maximum atomic E-state index is 13.6. The van der Waals surface area contributed by atoms with Gasteiger partial charge in [0.1, 0.15) is 5.82 Å². The molecule has 0 unspecified atom stereocenters. The molecular formula is C19H10BrF4N5O. The van der Waals surface area contributed by atoms with Crippen LogP contribution < -0.4 is 5.32 Å². The summed E-state index contributed by atoms with van der Waals surface area (Å²) < 4.78 is 55.0. The third kappa shape index (κ3) is 3.88. The molecule has 1 N–H and O–H groups in total. The molecule has 0 saturated carbocycles. The van der Waals surface area contributed by atoms with Gasteiger partial charge in [0.05, 0.1) is 11.4 Å². The lowest BCUT2D eigenvalue weighted by atomic mass is 10.1. The number of halogens is 5. The fourth-order valence-corrected chi connectivity index (χ4v) is 3.06. The lowest BCUT2D eigenvalue weighted by Gasteiger charge is -2.10. The summed E-state index contributed by atoms with van der Waals surface area (Å²) in [7, 11) is 0. The Balaban J connectivity index is 1.80. The number of carbonyl (C=O) groups excluding carboxylic acids is 1. The van der Waals surface area contributed by atoms with E-state index in [1.165, 1.54) is 12.1 Å². The minimum absolute atomic E-state index is 0.0833. The van der Waals surface area contributed by atoms with E-state index in [-0.39, 0.29) is 11.3 Å². The van der Waals surface area contributed by atoms with Gasteiger partial charge in [0.15, 0.2) is 5.69 Å². The van der Waals surface area contributed by atoms with E-state index in [9.17, 15) is 22.4 Å². The first-order valence-electron chi connectivity index (χ1n) is 8.39. The van der Waals surface area contributed by atoms with Gasteiger partial charge in [-0.15, -0.1) is 5.10 Å². The number of benzene rings is 2. The van der Waals surface area contributed by atoms with E-state index in [1.807, 2.05) is 0 Å². The Hall–Kier alpha value is -3.34. The molecule has 0 atom stereocenters. The molecule has 11 heteroatoms. The highest BCUT2D eigenvalue weighted by Crippen LogP contribution is 2.32. The van der Waals surface area contributed by atoms with Crippen molar-refractivity contribution in [2.75, 3.05) is 5.32 Å². The molecule has 30 heavy (non-hydrogen) atoms. The monoisotopic (exact) mass is 479 g/mol. The summed E-state index contributed by atoms with van der Waals surface area (Å²) in [5.41, 5.74) is -0.594. The van der Waals surface area contributed by atoms with E-state index in [0.717, 1.165) is 18.2 Å². The molecule has 0 saturated heterocycles. The molecule has 0 fully saturated rings. The number of alkyl halides is 3. The van der Waals surface area contributed by atoms with Crippen molar-refractivity contribution in [1.29, 1.82) is 0 Å². The molecule has 1 amide bonds. The Morgan fingerprint density at radius 3 is 2.40 bits per heavy atom. The van der Waals surface area contributed by atoms with Crippen molar-refractivity contribution in [2.45, 2.75) is 6.18 Å². The molecule has 0 aliphatic carbocycles. The van der Waals surface area contributed by atoms with E-state index in [2.05, 4.69) is 36.3 Å². The van der Waals surface area contributed by atoms with Crippen molar-refractivity contribution in [1.82, 2.24) is 19.6 Å². The van der Waals surface area contributed by atoms with E-state index < -0.39 is 35.2 Å². The average Bonchev–Trinajstić information content (AvgIpc) is 3.13. The molecule has 152 valence electrons. The second-order valence-electron chi connectivity index (χ2n) is 6.11. The number of hydrogen-bond donors (Lipinski definition) is 1. The molecular weight excluding hydrogens is 470 g/mol. The van der Waals surface area contributed by atoms with Crippen molar-refractivity contribution < 1.29 is 22.4 Å². The van der Waals surface area contributed by atoms with Gasteiger partial charge in [0, 0.05) is 10.0 Å². The zero-order chi connectivity index (χ0) is 21.5. The maximum absolute atomic E-state index is 13.6. The third-order valence-corrected chi connectivity index (χ3v) is 4.76. The number of amides is 1. The van der Waals surface area contributed by atoms with Gasteiger partial charge in [-0.25, -0.2) is 9.37 Å². The van der Waals surface area contributed by atoms with Gasteiger partial charge >= 0.3 is 6.18 Å². The number of nitrogens with zero attached hydrogens (tertiary/aromatic N) is 4. The molecule has 0 spiro atoms. The van der Waals surface area contributed by atoms with Gasteiger partial charge in [-0.3, -0.25) is 4.79 Å². The van der Waals surface area contributed by atoms with Crippen molar-refractivity contribution in [3.8, 4) is 11.3 Å². The summed E-state index contributed by atoms with van der Waals surface area (Å²) in [4.78, 5) is 20.4. The first-order chi connectivity index (χ1) is 14.2. The SMILES string of the molecule is O=C(Nc1ccccc1Br)c1nc2nc(-c3ccc(F)cc3)cc(C(F)(F)F)n2n1. The van der Waals surface area contributed by atoms with Crippen LogP contribution in [0.15, 0.2) is 59.1 Å². The zero-order valence-electron chi connectivity index (χ0n) is 14.8. The minimum Gasteiger partial charge on any atom is -0.318 e. The summed E-state index contributed by atoms with van der Waals surface area (Å²) in [5.74, 6) is -2.24. The van der Waals surface area contributed by atoms with Crippen molar-refractivity contribution in [3.05, 3.63) is 76.4 Å². The highest BCUT2D eigenvalue weighted by Gasteiger charge is 2.36. The fourth-order valence-electron chi connectivity index (χ4n) is 2.68. The smallest absolute Gasteiger partial charge is 0.318 e. The Morgan fingerprint density at radius 1 is 1.03 bits per heavy atom. The van der Waals surface area contributed by atoms with Crippen molar-refractivity contribution >= 4 is 33.3 Å². The van der Waals surface area contributed by atoms with Crippen LogP contribution in [0.1, 0.15) is 16.3 Å². The normalized spacial score (nSPS) is 11.6. The van der Waals surface area contributed by atoms with Gasteiger partial charge in [-0.1, -0.05) is 12.1 Å². The lowest BCUT2D eigenvalue weighted by Crippen LogP contribution is -2.16. The van der Waals surface area contributed by atoms with Crippen LogP contribution in [0, 0.1) is 5.82 Å². The molecule has 0 bridgehead atoms. The quantitative estimate of drug-likeness (QED) is 0.421. The number of rotatable bonds is 3. The van der Waals surface area contributed by atoms with Gasteiger partial charge < -0.3 is 5.32 Å². The van der Waals surface area contributed by atoms with Crippen molar-refractivity contribution in [2.24, 2.45) is 0 Å². The number of para-hydroxylation sites is 1. The van der Waals surface area contributed by atoms with Gasteiger partial charge in [0.2, 0.25) is 5.82 Å². The Bertz CT molecular complexity index is 1250. The topological polar surface area (TPSA) is 72.2 Å². The molecule has 0 aliphatic heterocycles. The van der Waals surface area contributed by atoms with Crippen LogP contribution in [0.25, 0.3) is 17.0 Å². The number of carbonyl (C=O) groups is 1. The van der Waals surface area contributed by atoms with Crippen LogP contribution in [0.5, 0.6) is 0 Å². The first kappa shape index (κ1) is 20.0. The number of hydrogen-bond acceptors (Lipinski definition) is 4. The molecule has 0 aliphatic rings. The fraction of sp³-hybridized carbons (Fsp3) is 0.0526. The number of nitrogens with one attached hydrogen (secondary N) is 1. The van der Waals surface area contributed by atoms with Crippen molar-refractivity contribution in [3.63, 3.8) is 0 Å². The average molecular weight is 480 g/mol. The van der Waals surface area contributed by atoms with E-state index >= 15 is 0 Å². The summed E-state index contributed by atoms with van der Waals surface area (Å²) in [5, 5.41) is 6.21. The molecule has 4 rings (SSSR count). The van der Waals surface area contributed by atoms with E-state index in [0.29, 0.717) is 14.7 Å². The maximum Gasteiger partial charge on any atom is 0.433 e. The predicted molar refractivity (Wildman–Crippen MR) is 103 cm³/mol. The second kappa shape index (κ2) is 7.48. The summed E-state index contributed by atoms with van der Waals surface area (Å²) in [6, 6.07) is 12.3. The van der Waals surface area contributed by atoms with Gasteiger partial charge in [-0.2, -0.15) is 22.7 Å². The number of aromatic nitrogens is 4. The summed E-state index contributed by atoms with van der Waals surface area (Å²) >= 11 is 3.26. The molecule has 2 heterocycles. The number of fused-ring (bicyclic) bond motifs is 1. The minimum atomic E-state index is -4.79. The van der Waals surface area contributed by atoms with Crippen LogP contribution in [0.2, 0.25) is 0 Å². The Kier molecular flexibility index (Phi) is 4.98. The first-order valence-corrected chi connectivity index (χ1v) is 9.18. The molecule has 2 aromatic carbocycles. The molecule has 4 aromatic rings. The lowest BCUT2D eigenvalue weighted by molar-refractivity contribution is -0.142. The molecule has 6 nitrogen and oxygen atoms in total. The highest BCUT2D eigenvalue weighted by atomic mass is 79.9. The summed E-state index contributed by atoms with van der Waals surface area (Å²) in [6.07, 6.45) is -4.79. The van der Waals surface area contributed by atoms with Gasteiger partial charge in [-0.05, 0) is 58.4 Å². The predicted octanol–water partition coefficient (Wildman–Crippen LogP) is 4.96. The van der Waals surface area contributed by atoms with Crippen LogP contribution in [-0.2, 0) is 6.18 Å². The highest BCUT2D eigenvalue weighted by molar-refractivity contribution is 9.10. The number of anilines is 1. The summed E-state index contributed by atoms with van der Waals surface area (Å²) in [6.45, 7) is 0. The van der Waals surface area contributed by atoms with Crippen LogP contribution in [0.4, 0.5) is 23.2 Å². The van der Waals surface area contributed by atoms with E-state index in [1.54, 1.807) is 24.3 Å². The van der Waals surface area contributed by atoms with E-state index in [4.69, 9.17) is 0 Å². The Morgan fingerprint density at radius 2 is 1.73 bits per heavy atom. The van der Waals surface area contributed by atoms with Crippen LogP contribution in [-0.4, -0.2) is 25.5 Å². The standard InChI is InChI=1S/C19H10BrF4N5O/c20-12-3-1-2-4-13(12)25-17(30)16-27-18-26-14(10-5-7-11(21)8-6-10)9-15(19(22,23)24)29(18)28-16/h1-9H,(H,25,30). The van der Waals surface area contributed by atoms with Gasteiger partial charge in [0.25, 0.3) is 11.7 Å². The van der Waals surface area contributed by atoms with Crippen LogP contribution >= 0.6 is 15.9 Å². The molecule has 0 radical (unpaired) electrons.